The molecular formula is C13H13BrN2O. The highest BCUT2D eigenvalue weighted by Crippen LogP contribution is 2.30. The molecule has 2 aromatic rings. The van der Waals surface area contributed by atoms with Crippen molar-refractivity contribution in [1.82, 2.24) is 9.55 Å². The van der Waals surface area contributed by atoms with Gasteiger partial charge in [0.05, 0.1) is 10.9 Å². The molecule has 3 rings (SSSR count). The molecule has 0 bridgehead atoms. The lowest BCUT2D eigenvalue weighted by Gasteiger charge is -2.07. The molecule has 0 fully saturated rings. The lowest BCUT2D eigenvalue weighted by molar-refractivity contribution is 0.499. The van der Waals surface area contributed by atoms with E-state index in [0.29, 0.717) is 17.2 Å². The summed E-state index contributed by atoms with van der Waals surface area (Å²) in [5.41, 5.74) is 0.880. The van der Waals surface area contributed by atoms with Crippen LogP contribution in [0.15, 0.2) is 27.5 Å². The van der Waals surface area contributed by atoms with Crippen LogP contribution in [-0.2, 0) is 6.54 Å². The molecule has 0 N–H and O–H groups in total. The van der Waals surface area contributed by atoms with Crippen LogP contribution >= 0.6 is 15.9 Å². The predicted molar refractivity (Wildman–Crippen MR) is 71.3 cm³/mol. The fourth-order valence-electron chi connectivity index (χ4n) is 2.44. The van der Waals surface area contributed by atoms with Crippen LogP contribution in [0.2, 0.25) is 0 Å². The maximum absolute atomic E-state index is 12.3. The second-order valence-electron chi connectivity index (χ2n) is 4.81. The Labute approximate surface area is 108 Å². The molecular weight excluding hydrogens is 280 g/mol. The molecule has 0 spiro atoms. The van der Waals surface area contributed by atoms with Crippen molar-refractivity contribution in [2.24, 2.45) is 5.92 Å². The third-order valence-electron chi connectivity index (χ3n) is 3.68. The van der Waals surface area contributed by atoms with E-state index in [0.717, 1.165) is 22.4 Å². The second-order valence-corrected chi connectivity index (χ2v) is 5.73. The smallest absolute Gasteiger partial charge is 0.261 e. The molecule has 1 unspecified atom stereocenters. The van der Waals surface area contributed by atoms with Crippen LogP contribution in [0, 0.1) is 5.92 Å². The predicted octanol–water partition coefficient (Wildman–Crippen LogP) is 2.91. The van der Waals surface area contributed by atoms with Crippen molar-refractivity contribution in [3.63, 3.8) is 0 Å². The van der Waals surface area contributed by atoms with E-state index >= 15 is 0 Å². The number of nitrogens with zero attached hydrogens (tertiary/aromatic N) is 2. The second kappa shape index (κ2) is 3.67. The Hall–Kier alpha value is -1.16. The fourth-order valence-corrected chi connectivity index (χ4v) is 2.78. The minimum Gasteiger partial charge on any atom is -0.296 e. The van der Waals surface area contributed by atoms with Crippen LogP contribution in [0.4, 0.5) is 0 Å². The molecule has 2 heterocycles. The molecule has 0 amide bonds. The first kappa shape index (κ1) is 11.0. The van der Waals surface area contributed by atoms with E-state index in [4.69, 9.17) is 0 Å². The van der Waals surface area contributed by atoms with E-state index < -0.39 is 0 Å². The minimum absolute atomic E-state index is 0.0914. The Morgan fingerprint density at radius 1 is 1.41 bits per heavy atom. The van der Waals surface area contributed by atoms with Crippen LogP contribution in [0.1, 0.15) is 25.6 Å². The Balaban J connectivity index is 2.39. The highest BCUT2D eigenvalue weighted by Gasteiger charge is 2.28. The molecule has 17 heavy (non-hydrogen) atoms. The molecule has 0 aliphatic carbocycles. The topological polar surface area (TPSA) is 34.9 Å². The molecule has 1 aliphatic rings. The summed E-state index contributed by atoms with van der Waals surface area (Å²) < 4.78 is 2.78. The SMILES string of the molecule is CC1c2nc3cc(Br)ccc3c(=O)n2C[C@H]1C. The monoisotopic (exact) mass is 292 g/mol. The molecule has 88 valence electrons. The number of benzene rings is 1. The zero-order valence-corrected chi connectivity index (χ0v) is 11.4. The van der Waals surface area contributed by atoms with Crippen molar-refractivity contribution in [2.45, 2.75) is 26.3 Å². The molecule has 4 heteroatoms. The molecule has 1 aliphatic heterocycles. The third kappa shape index (κ3) is 1.54. The van der Waals surface area contributed by atoms with Gasteiger partial charge in [-0.1, -0.05) is 29.8 Å². The zero-order chi connectivity index (χ0) is 12.2. The Morgan fingerprint density at radius 3 is 2.94 bits per heavy atom. The molecule has 0 saturated carbocycles. The quantitative estimate of drug-likeness (QED) is 0.748. The summed E-state index contributed by atoms with van der Waals surface area (Å²) in [4.78, 5) is 17.0. The number of hydrogen-bond acceptors (Lipinski definition) is 2. The van der Waals surface area contributed by atoms with Gasteiger partial charge in [0.15, 0.2) is 0 Å². The number of hydrogen-bond donors (Lipinski definition) is 0. The van der Waals surface area contributed by atoms with Crippen molar-refractivity contribution in [3.05, 3.63) is 38.9 Å². The Bertz CT molecular complexity index is 662. The normalized spacial score (nSPS) is 23.0. The van der Waals surface area contributed by atoms with Crippen LogP contribution in [0.5, 0.6) is 0 Å². The Kier molecular flexibility index (Phi) is 2.36. The summed E-state index contributed by atoms with van der Waals surface area (Å²) in [6, 6.07) is 5.64. The van der Waals surface area contributed by atoms with E-state index in [1.54, 1.807) is 0 Å². The standard InChI is InChI=1S/C13H13BrN2O/c1-7-6-16-12(8(7)2)15-11-5-9(14)3-4-10(11)13(16)17/h3-5,7-8H,6H2,1-2H3/t7-,8?/m1/s1. The van der Waals surface area contributed by atoms with Crippen LogP contribution in [0.25, 0.3) is 10.9 Å². The van der Waals surface area contributed by atoms with Crippen molar-refractivity contribution in [1.29, 1.82) is 0 Å². The van der Waals surface area contributed by atoms with Gasteiger partial charge in [-0.3, -0.25) is 9.36 Å². The van der Waals surface area contributed by atoms with E-state index in [1.165, 1.54) is 0 Å². The number of aromatic nitrogens is 2. The summed E-state index contributed by atoms with van der Waals surface area (Å²) in [6.45, 7) is 5.09. The van der Waals surface area contributed by atoms with E-state index in [1.807, 2.05) is 22.8 Å². The van der Waals surface area contributed by atoms with Crippen LogP contribution in [0.3, 0.4) is 0 Å². The Morgan fingerprint density at radius 2 is 2.18 bits per heavy atom. The molecule has 0 saturated heterocycles. The maximum atomic E-state index is 12.3. The summed E-state index contributed by atoms with van der Waals surface area (Å²) in [6.07, 6.45) is 0. The van der Waals surface area contributed by atoms with Gasteiger partial charge in [-0.2, -0.15) is 0 Å². The van der Waals surface area contributed by atoms with Gasteiger partial charge < -0.3 is 0 Å². The summed E-state index contributed by atoms with van der Waals surface area (Å²) in [7, 11) is 0. The molecule has 1 aromatic carbocycles. The molecule has 1 aromatic heterocycles. The van der Waals surface area contributed by atoms with Gasteiger partial charge in [0.1, 0.15) is 5.82 Å². The van der Waals surface area contributed by atoms with Crippen molar-refractivity contribution < 1.29 is 0 Å². The van der Waals surface area contributed by atoms with E-state index in [-0.39, 0.29) is 5.56 Å². The van der Waals surface area contributed by atoms with Gasteiger partial charge in [-0.25, -0.2) is 4.98 Å². The highest BCUT2D eigenvalue weighted by molar-refractivity contribution is 9.10. The summed E-state index contributed by atoms with van der Waals surface area (Å²) >= 11 is 3.42. The molecule has 3 nitrogen and oxygen atoms in total. The fraction of sp³-hybridized carbons (Fsp3) is 0.385. The zero-order valence-electron chi connectivity index (χ0n) is 9.77. The van der Waals surface area contributed by atoms with Crippen molar-refractivity contribution in [2.75, 3.05) is 0 Å². The van der Waals surface area contributed by atoms with Gasteiger partial charge in [-0.05, 0) is 24.1 Å². The van der Waals surface area contributed by atoms with Crippen molar-refractivity contribution >= 4 is 26.8 Å². The summed E-state index contributed by atoms with van der Waals surface area (Å²) in [5.74, 6) is 1.76. The highest BCUT2D eigenvalue weighted by atomic mass is 79.9. The lowest BCUT2D eigenvalue weighted by atomic mass is 9.99. The first-order chi connectivity index (χ1) is 8.08. The number of rotatable bonds is 0. The first-order valence-corrected chi connectivity index (χ1v) is 6.57. The van der Waals surface area contributed by atoms with Crippen molar-refractivity contribution in [3.8, 4) is 0 Å². The first-order valence-electron chi connectivity index (χ1n) is 5.78. The minimum atomic E-state index is 0.0914. The number of fused-ring (bicyclic) bond motifs is 2. The van der Waals surface area contributed by atoms with E-state index in [2.05, 4.69) is 34.8 Å². The molecule has 2 atom stereocenters. The molecule has 0 radical (unpaired) electrons. The van der Waals surface area contributed by atoms with E-state index in [9.17, 15) is 4.79 Å². The maximum Gasteiger partial charge on any atom is 0.261 e. The lowest BCUT2D eigenvalue weighted by Crippen LogP contribution is -2.21. The largest absolute Gasteiger partial charge is 0.296 e. The average molecular weight is 293 g/mol. The average Bonchev–Trinajstić information content (AvgIpc) is 2.57. The number of halogens is 1. The van der Waals surface area contributed by atoms with Gasteiger partial charge >= 0.3 is 0 Å². The van der Waals surface area contributed by atoms with Crippen LogP contribution in [-0.4, -0.2) is 9.55 Å². The van der Waals surface area contributed by atoms with Gasteiger partial charge in [-0.15, -0.1) is 0 Å². The van der Waals surface area contributed by atoms with Gasteiger partial charge in [0.2, 0.25) is 0 Å². The summed E-state index contributed by atoms with van der Waals surface area (Å²) in [5, 5.41) is 0.707. The van der Waals surface area contributed by atoms with Gasteiger partial charge in [0, 0.05) is 16.9 Å². The van der Waals surface area contributed by atoms with Gasteiger partial charge in [0.25, 0.3) is 5.56 Å². The third-order valence-corrected chi connectivity index (χ3v) is 4.17. The van der Waals surface area contributed by atoms with Crippen LogP contribution < -0.4 is 5.56 Å².